The number of likely N-dealkylation sites (tertiary alicyclic amines) is 1. The molecule has 0 bridgehead atoms. The van der Waals surface area contributed by atoms with Crippen LogP contribution in [-0.2, 0) is 9.59 Å². The quantitative estimate of drug-likeness (QED) is 0.832. The summed E-state index contributed by atoms with van der Waals surface area (Å²) in [5, 5.41) is 12.1. The second-order valence-electron chi connectivity index (χ2n) is 7.93. The van der Waals surface area contributed by atoms with E-state index in [2.05, 4.69) is 17.1 Å². The van der Waals surface area contributed by atoms with Gasteiger partial charge in [0.1, 0.15) is 0 Å². The van der Waals surface area contributed by atoms with Crippen LogP contribution in [0.2, 0.25) is 0 Å². The first kappa shape index (κ1) is 17.9. The predicted molar refractivity (Wildman–Crippen MR) is 96.1 cm³/mol. The van der Waals surface area contributed by atoms with Crippen LogP contribution < -0.4 is 5.32 Å². The van der Waals surface area contributed by atoms with Crippen LogP contribution in [0.3, 0.4) is 0 Å². The van der Waals surface area contributed by atoms with Crippen molar-refractivity contribution >= 4 is 11.9 Å². The van der Waals surface area contributed by atoms with Gasteiger partial charge in [0.15, 0.2) is 6.04 Å². The first-order valence-corrected chi connectivity index (χ1v) is 9.28. The molecule has 0 spiro atoms. The molecule has 1 heterocycles. The number of carbonyl (C=O) groups excluding carboxylic acids is 1. The molecule has 0 aromatic heterocycles. The first-order chi connectivity index (χ1) is 12.0. The standard InChI is InChI=1S/C20H28N2O3/c1-20(13-22(14-20)16-10-6-3-7-11-16)12-17(23)21-18(19(24)25)15-8-4-2-5-9-15/h2,4-5,8-9,16,18H,3,6-7,10-14H2,1H3,(H,21,23)(H,24,25). The Hall–Kier alpha value is -1.88. The number of carboxylic acids is 1. The van der Waals surface area contributed by atoms with Gasteiger partial charge in [-0.3, -0.25) is 9.69 Å². The molecule has 5 nitrogen and oxygen atoms in total. The van der Waals surface area contributed by atoms with E-state index in [0.29, 0.717) is 18.0 Å². The van der Waals surface area contributed by atoms with Crippen molar-refractivity contribution in [1.82, 2.24) is 10.2 Å². The van der Waals surface area contributed by atoms with Crippen molar-refractivity contribution in [2.24, 2.45) is 5.41 Å². The lowest BCUT2D eigenvalue weighted by molar-refractivity contribution is -0.143. The molecule has 1 saturated carbocycles. The highest BCUT2D eigenvalue weighted by molar-refractivity contribution is 5.85. The van der Waals surface area contributed by atoms with Crippen LogP contribution in [0.25, 0.3) is 0 Å². The summed E-state index contributed by atoms with van der Waals surface area (Å²) in [6.07, 6.45) is 6.91. The van der Waals surface area contributed by atoms with E-state index in [9.17, 15) is 14.7 Å². The molecule has 136 valence electrons. The number of hydrogen-bond acceptors (Lipinski definition) is 3. The zero-order chi connectivity index (χ0) is 17.9. The summed E-state index contributed by atoms with van der Waals surface area (Å²) in [6, 6.07) is 8.57. The van der Waals surface area contributed by atoms with E-state index in [4.69, 9.17) is 0 Å². The minimum Gasteiger partial charge on any atom is -0.479 e. The maximum Gasteiger partial charge on any atom is 0.330 e. The minimum absolute atomic E-state index is 0.0404. The van der Waals surface area contributed by atoms with Crippen LogP contribution in [0.1, 0.15) is 57.1 Å². The molecular formula is C20H28N2O3. The molecule has 1 saturated heterocycles. The van der Waals surface area contributed by atoms with Crippen LogP contribution in [0.5, 0.6) is 0 Å². The number of amides is 1. The van der Waals surface area contributed by atoms with Gasteiger partial charge >= 0.3 is 5.97 Å². The highest BCUT2D eigenvalue weighted by atomic mass is 16.4. The number of rotatable bonds is 6. The van der Waals surface area contributed by atoms with E-state index in [0.717, 1.165) is 13.1 Å². The van der Waals surface area contributed by atoms with Crippen molar-refractivity contribution in [1.29, 1.82) is 0 Å². The van der Waals surface area contributed by atoms with Gasteiger partial charge in [-0.2, -0.15) is 0 Å². The van der Waals surface area contributed by atoms with Gasteiger partial charge in [0.2, 0.25) is 5.91 Å². The fraction of sp³-hybridized carbons (Fsp3) is 0.600. The molecular weight excluding hydrogens is 316 g/mol. The summed E-state index contributed by atoms with van der Waals surface area (Å²) in [7, 11) is 0. The molecule has 0 radical (unpaired) electrons. The van der Waals surface area contributed by atoms with Gasteiger partial charge < -0.3 is 10.4 Å². The molecule has 1 aromatic carbocycles. The van der Waals surface area contributed by atoms with E-state index in [1.165, 1.54) is 32.1 Å². The summed E-state index contributed by atoms with van der Waals surface area (Å²) < 4.78 is 0. The third kappa shape index (κ3) is 4.40. The monoisotopic (exact) mass is 344 g/mol. The van der Waals surface area contributed by atoms with Gasteiger partial charge in [0.25, 0.3) is 0 Å². The lowest BCUT2D eigenvalue weighted by Gasteiger charge is -2.52. The lowest BCUT2D eigenvalue weighted by Crippen LogP contribution is -2.60. The van der Waals surface area contributed by atoms with Gasteiger partial charge in [-0.1, -0.05) is 56.5 Å². The first-order valence-electron chi connectivity index (χ1n) is 9.28. The summed E-state index contributed by atoms with van der Waals surface area (Å²) in [5.41, 5.74) is 0.562. The highest BCUT2D eigenvalue weighted by Crippen LogP contribution is 2.38. The zero-order valence-electron chi connectivity index (χ0n) is 14.9. The lowest BCUT2D eigenvalue weighted by atomic mass is 9.76. The van der Waals surface area contributed by atoms with Crippen LogP contribution >= 0.6 is 0 Å². The van der Waals surface area contributed by atoms with E-state index in [1.54, 1.807) is 24.3 Å². The summed E-state index contributed by atoms with van der Waals surface area (Å²) in [4.78, 5) is 26.4. The van der Waals surface area contributed by atoms with Gasteiger partial charge in [-0.15, -0.1) is 0 Å². The SMILES string of the molecule is CC1(CC(=O)NC(C(=O)O)c2ccccc2)CN(C2CCCCC2)C1. The van der Waals surface area contributed by atoms with Gasteiger partial charge in [-0.05, 0) is 18.4 Å². The number of nitrogens with one attached hydrogen (secondary N) is 1. The van der Waals surface area contributed by atoms with E-state index >= 15 is 0 Å². The largest absolute Gasteiger partial charge is 0.479 e. The van der Waals surface area contributed by atoms with Crippen LogP contribution in [0, 0.1) is 5.41 Å². The Labute approximate surface area is 149 Å². The maximum atomic E-state index is 12.4. The molecule has 2 N–H and O–H groups in total. The Kier molecular flexibility index (Phi) is 5.42. The van der Waals surface area contributed by atoms with E-state index < -0.39 is 12.0 Å². The summed E-state index contributed by atoms with van der Waals surface area (Å²) >= 11 is 0. The number of hydrogen-bond donors (Lipinski definition) is 2. The highest BCUT2D eigenvalue weighted by Gasteiger charge is 2.43. The smallest absolute Gasteiger partial charge is 0.330 e. The number of nitrogens with zero attached hydrogens (tertiary/aromatic N) is 1. The Morgan fingerprint density at radius 1 is 1.20 bits per heavy atom. The molecule has 1 amide bonds. The van der Waals surface area contributed by atoms with E-state index in [1.807, 2.05) is 6.07 Å². The van der Waals surface area contributed by atoms with Crippen molar-refractivity contribution in [3.63, 3.8) is 0 Å². The predicted octanol–water partition coefficient (Wildman–Crippen LogP) is 2.97. The minimum atomic E-state index is -1.03. The molecule has 2 fully saturated rings. The van der Waals surface area contributed by atoms with Crippen molar-refractivity contribution in [3.8, 4) is 0 Å². The molecule has 1 atom stereocenters. The molecule has 3 rings (SSSR count). The molecule has 25 heavy (non-hydrogen) atoms. The Balaban J connectivity index is 1.52. The second kappa shape index (κ2) is 7.56. The third-order valence-corrected chi connectivity index (χ3v) is 5.53. The average molecular weight is 344 g/mol. The number of benzene rings is 1. The van der Waals surface area contributed by atoms with Crippen molar-refractivity contribution in [2.45, 2.75) is 57.5 Å². The molecule has 1 aromatic rings. The Bertz CT molecular complexity index is 605. The topological polar surface area (TPSA) is 69.6 Å². The van der Waals surface area contributed by atoms with Crippen molar-refractivity contribution in [3.05, 3.63) is 35.9 Å². The van der Waals surface area contributed by atoms with Gasteiger partial charge in [0, 0.05) is 31.0 Å². The number of aliphatic carboxylic acids is 1. The van der Waals surface area contributed by atoms with Crippen molar-refractivity contribution < 1.29 is 14.7 Å². The fourth-order valence-corrected chi connectivity index (χ4v) is 4.28. The van der Waals surface area contributed by atoms with Crippen molar-refractivity contribution in [2.75, 3.05) is 13.1 Å². The number of carboxylic acid groups (broad SMARTS) is 1. The van der Waals surface area contributed by atoms with E-state index in [-0.39, 0.29) is 11.3 Å². The van der Waals surface area contributed by atoms with Gasteiger partial charge in [0.05, 0.1) is 0 Å². The molecule has 1 aliphatic heterocycles. The molecule has 5 heteroatoms. The summed E-state index contributed by atoms with van der Waals surface area (Å²) in [6.45, 7) is 4.01. The number of carbonyl (C=O) groups is 2. The van der Waals surface area contributed by atoms with Crippen LogP contribution in [0.4, 0.5) is 0 Å². The Morgan fingerprint density at radius 3 is 2.44 bits per heavy atom. The summed E-state index contributed by atoms with van der Waals surface area (Å²) in [5.74, 6) is -1.20. The van der Waals surface area contributed by atoms with Gasteiger partial charge in [-0.25, -0.2) is 4.79 Å². The fourth-order valence-electron chi connectivity index (χ4n) is 4.28. The zero-order valence-corrected chi connectivity index (χ0v) is 14.9. The molecule has 2 aliphatic rings. The third-order valence-electron chi connectivity index (χ3n) is 5.53. The van der Waals surface area contributed by atoms with Crippen LogP contribution in [0.15, 0.2) is 30.3 Å². The molecule has 1 aliphatic carbocycles. The normalized spacial score (nSPS) is 22.0. The molecule has 1 unspecified atom stereocenters. The average Bonchev–Trinajstić information content (AvgIpc) is 2.58. The maximum absolute atomic E-state index is 12.4. The Morgan fingerprint density at radius 2 is 1.84 bits per heavy atom. The second-order valence-corrected chi connectivity index (χ2v) is 7.93. The van der Waals surface area contributed by atoms with Crippen LogP contribution in [-0.4, -0.2) is 41.0 Å².